The van der Waals surface area contributed by atoms with Crippen molar-refractivity contribution in [2.75, 3.05) is 24.6 Å². The molecule has 2 N–H and O–H groups in total. The van der Waals surface area contributed by atoms with Gasteiger partial charge in [-0.25, -0.2) is 4.98 Å². The fourth-order valence-corrected chi connectivity index (χ4v) is 2.03. The van der Waals surface area contributed by atoms with Gasteiger partial charge in [-0.15, -0.1) is 0 Å². The van der Waals surface area contributed by atoms with Gasteiger partial charge in [0.05, 0.1) is 18.9 Å². The summed E-state index contributed by atoms with van der Waals surface area (Å²) < 4.78 is 39.3. The number of pyridine rings is 1. The highest BCUT2D eigenvalue weighted by Crippen LogP contribution is 2.25. The Bertz CT molecular complexity index is 583. The number of rotatable bonds is 5. The quantitative estimate of drug-likeness (QED) is 0.868. The molecule has 2 aromatic heterocycles. The van der Waals surface area contributed by atoms with Gasteiger partial charge in [-0.1, -0.05) is 6.07 Å². The normalized spacial score (nSPS) is 12.1. The van der Waals surface area contributed by atoms with Crippen LogP contribution in [0.2, 0.25) is 0 Å². The van der Waals surface area contributed by atoms with Gasteiger partial charge >= 0.3 is 6.18 Å². The summed E-state index contributed by atoms with van der Waals surface area (Å²) in [5, 5.41) is 18.3. The Morgan fingerprint density at radius 1 is 1.25 bits per heavy atom. The van der Waals surface area contributed by atoms with Crippen molar-refractivity contribution in [2.45, 2.75) is 12.8 Å². The van der Waals surface area contributed by atoms with Crippen LogP contribution < -0.4 is 4.90 Å². The van der Waals surface area contributed by atoms with Crippen LogP contribution in [0.5, 0.6) is 0 Å². The third-order valence-corrected chi connectivity index (χ3v) is 2.80. The second-order valence-corrected chi connectivity index (χ2v) is 4.23. The summed E-state index contributed by atoms with van der Waals surface area (Å²) in [6.07, 6.45) is -2.81. The van der Waals surface area contributed by atoms with Crippen LogP contribution in [0.15, 0.2) is 24.4 Å². The van der Waals surface area contributed by atoms with Gasteiger partial charge < -0.3 is 15.1 Å². The monoisotopic (exact) mass is 289 g/mol. The van der Waals surface area contributed by atoms with Crippen molar-refractivity contribution in [1.82, 2.24) is 9.38 Å². The molecule has 0 amide bonds. The fourth-order valence-electron chi connectivity index (χ4n) is 2.03. The molecule has 5 nitrogen and oxygen atoms in total. The summed E-state index contributed by atoms with van der Waals surface area (Å²) in [5.41, 5.74) is 0.704. The number of fused-ring (bicyclic) bond motifs is 1. The van der Waals surface area contributed by atoms with Gasteiger partial charge in [0.15, 0.2) is 5.82 Å². The standard InChI is InChI=1S/C12H14F3N3O2/c13-12(14,15)8-17(5-6-19)11-9(7-20)18-4-2-1-3-10(18)16-11/h1-4,19-20H,5-8H2. The topological polar surface area (TPSA) is 61.0 Å². The molecule has 0 atom stereocenters. The van der Waals surface area contributed by atoms with Crippen molar-refractivity contribution in [2.24, 2.45) is 0 Å². The molecule has 8 heteroatoms. The molecule has 0 aliphatic heterocycles. The van der Waals surface area contributed by atoms with Crippen molar-refractivity contribution in [3.05, 3.63) is 30.1 Å². The van der Waals surface area contributed by atoms with Gasteiger partial charge in [0, 0.05) is 12.7 Å². The highest BCUT2D eigenvalue weighted by Gasteiger charge is 2.32. The molecule has 0 saturated carbocycles. The summed E-state index contributed by atoms with van der Waals surface area (Å²) in [7, 11) is 0. The minimum Gasteiger partial charge on any atom is -0.395 e. The number of aromatic nitrogens is 2. The predicted octanol–water partition coefficient (Wildman–Crippen LogP) is 1.19. The third kappa shape index (κ3) is 3.02. The molecule has 0 unspecified atom stereocenters. The Balaban J connectivity index is 2.46. The van der Waals surface area contributed by atoms with E-state index in [1.54, 1.807) is 24.4 Å². The molecule has 0 aliphatic rings. The van der Waals surface area contributed by atoms with Crippen LogP contribution in [-0.2, 0) is 6.61 Å². The Kier molecular flexibility index (Phi) is 4.15. The number of nitrogens with zero attached hydrogens (tertiary/aromatic N) is 3. The number of anilines is 1. The van der Waals surface area contributed by atoms with E-state index in [0.29, 0.717) is 5.65 Å². The minimum atomic E-state index is -4.42. The zero-order valence-electron chi connectivity index (χ0n) is 10.5. The van der Waals surface area contributed by atoms with Crippen LogP contribution in [0.25, 0.3) is 5.65 Å². The summed E-state index contributed by atoms with van der Waals surface area (Å²) in [4.78, 5) is 5.02. The minimum absolute atomic E-state index is 0.0325. The zero-order chi connectivity index (χ0) is 14.8. The molecule has 20 heavy (non-hydrogen) atoms. The summed E-state index contributed by atoms with van der Waals surface area (Å²) in [5.74, 6) is 0.0325. The van der Waals surface area contributed by atoms with E-state index < -0.39 is 25.9 Å². The number of aliphatic hydroxyl groups is 2. The maximum Gasteiger partial charge on any atom is 0.405 e. The van der Waals surface area contributed by atoms with Crippen molar-refractivity contribution < 1.29 is 23.4 Å². The Morgan fingerprint density at radius 2 is 2.00 bits per heavy atom. The molecule has 0 aliphatic carbocycles. The summed E-state index contributed by atoms with van der Waals surface area (Å²) in [6, 6.07) is 5.03. The van der Waals surface area contributed by atoms with Crippen LogP contribution in [0.4, 0.5) is 19.0 Å². The first-order chi connectivity index (χ1) is 9.46. The average molecular weight is 289 g/mol. The van der Waals surface area contributed by atoms with Crippen LogP contribution in [0.3, 0.4) is 0 Å². The highest BCUT2D eigenvalue weighted by molar-refractivity contribution is 5.55. The first-order valence-electron chi connectivity index (χ1n) is 5.95. The van der Waals surface area contributed by atoms with E-state index in [0.717, 1.165) is 4.90 Å². The number of hydrogen-bond acceptors (Lipinski definition) is 4. The Hall–Kier alpha value is -1.80. The molecule has 0 aromatic carbocycles. The summed E-state index contributed by atoms with van der Waals surface area (Å²) >= 11 is 0. The number of hydrogen-bond donors (Lipinski definition) is 2. The molecule has 2 aromatic rings. The van der Waals surface area contributed by atoms with E-state index in [1.807, 2.05) is 0 Å². The van der Waals surface area contributed by atoms with Gasteiger partial charge in [0.25, 0.3) is 0 Å². The molecule has 2 rings (SSSR count). The van der Waals surface area contributed by atoms with E-state index in [2.05, 4.69) is 4.98 Å². The second kappa shape index (κ2) is 5.68. The van der Waals surface area contributed by atoms with E-state index >= 15 is 0 Å². The lowest BCUT2D eigenvalue weighted by Gasteiger charge is -2.23. The van der Waals surface area contributed by atoms with Gasteiger partial charge in [0.1, 0.15) is 12.2 Å². The highest BCUT2D eigenvalue weighted by atomic mass is 19.4. The first-order valence-corrected chi connectivity index (χ1v) is 5.95. The smallest absolute Gasteiger partial charge is 0.395 e. The number of aliphatic hydroxyl groups excluding tert-OH is 2. The molecule has 0 spiro atoms. The molecular formula is C12H14F3N3O2. The fraction of sp³-hybridized carbons (Fsp3) is 0.417. The summed E-state index contributed by atoms with van der Waals surface area (Å²) in [6.45, 7) is -2.32. The Labute approximate surface area is 112 Å². The van der Waals surface area contributed by atoms with Gasteiger partial charge in [-0.2, -0.15) is 13.2 Å². The predicted molar refractivity (Wildman–Crippen MR) is 66.5 cm³/mol. The maximum atomic E-state index is 12.6. The molecule has 0 saturated heterocycles. The molecule has 0 fully saturated rings. The van der Waals surface area contributed by atoms with Gasteiger partial charge in [-0.3, -0.25) is 4.40 Å². The van der Waals surface area contributed by atoms with E-state index in [9.17, 15) is 18.3 Å². The first kappa shape index (κ1) is 14.6. The molecule has 0 bridgehead atoms. The SMILES string of the molecule is OCCN(CC(F)(F)F)c1nc2ccccn2c1CO. The van der Waals surface area contributed by atoms with Crippen LogP contribution in [-0.4, -0.2) is 45.5 Å². The molecular weight excluding hydrogens is 275 g/mol. The van der Waals surface area contributed by atoms with Crippen LogP contribution >= 0.6 is 0 Å². The third-order valence-electron chi connectivity index (χ3n) is 2.80. The van der Waals surface area contributed by atoms with E-state index in [-0.39, 0.29) is 18.1 Å². The van der Waals surface area contributed by atoms with Crippen LogP contribution in [0, 0.1) is 0 Å². The van der Waals surface area contributed by atoms with Crippen LogP contribution in [0.1, 0.15) is 5.69 Å². The largest absolute Gasteiger partial charge is 0.405 e. The van der Waals surface area contributed by atoms with Gasteiger partial charge in [0.2, 0.25) is 0 Å². The lowest BCUT2D eigenvalue weighted by atomic mass is 10.3. The lowest BCUT2D eigenvalue weighted by Crippen LogP contribution is -2.37. The lowest BCUT2D eigenvalue weighted by molar-refractivity contribution is -0.120. The average Bonchev–Trinajstić information content (AvgIpc) is 2.75. The number of imidazole rings is 1. The molecule has 110 valence electrons. The van der Waals surface area contributed by atoms with Crippen molar-refractivity contribution >= 4 is 11.5 Å². The maximum absolute atomic E-state index is 12.6. The second-order valence-electron chi connectivity index (χ2n) is 4.23. The molecule has 2 heterocycles. The molecule has 0 radical (unpaired) electrons. The zero-order valence-corrected chi connectivity index (χ0v) is 10.5. The Morgan fingerprint density at radius 3 is 2.60 bits per heavy atom. The van der Waals surface area contributed by atoms with Crippen molar-refractivity contribution in [3.63, 3.8) is 0 Å². The number of halogens is 3. The van der Waals surface area contributed by atoms with Gasteiger partial charge in [-0.05, 0) is 12.1 Å². The van der Waals surface area contributed by atoms with E-state index in [1.165, 1.54) is 4.40 Å². The number of alkyl halides is 3. The van der Waals surface area contributed by atoms with Crippen molar-refractivity contribution in [3.8, 4) is 0 Å². The van der Waals surface area contributed by atoms with E-state index in [4.69, 9.17) is 5.11 Å². The van der Waals surface area contributed by atoms with Crippen molar-refractivity contribution in [1.29, 1.82) is 0 Å².